The highest BCUT2D eigenvalue weighted by Crippen LogP contribution is 2.67. The summed E-state index contributed by atoms with van der Waals surface area (Å²) in [7, 11) is 0. The number of carboxylic acids is 1. The molecule has 0 spiro atoms. The summed E-state index contributed by atoms with van der Waals surface area (Å²) in [6.07, 6.45) is 17.3. The van der Waals surface area contributed by atoms with E-state index < -0.39 is 5.97 Å². The summed E-state index contributed by atoms with van der Waals surface area (Å²) < 4.78 is 0. The van der Waals surface area contributed by atoms with E-state index >= 15 is 0 Å². The summed E-state index contributed by atoms with van der Waals surface area (Å²) in [6.45, 7) is 7.53. The second-order valence-corrected chi connectivity index (χ2v) is 10.7. The molecule has 146 valence electrons. The standard InChI is InChI=1S/C24H38O2/c1-16(7-12-22(25)26)19-10-11-20-18-9-8-17-6-4-5-14-23(17,2)21(18)13-15-24(19,20)3/h4,6,16-21H,5,7-15H2,1-3H3,(H,25,26). The third kappa shape index (κ3) is 2.78. The fourth-order valence-electron chi connectivity index (χ4n) is 8.35. The van der Waals surface area contributed by atoms with Crippen molar-refractivity contribution >= 4 is 5.97 Å². The van der Waals surface area contributed by atoms with Gasteiger partial charge < -0.3 is 5.11 Å². The van der Waals surface area contributed by atoms with Gasteiger partial charge in [-0.15, -0.1) is 0 Å². The van der Waals surface area contributed by atoms with Crippen molar-refractivity contribution in [2.75, 3.05) is 0 Å². The molecule has 0 heterocycles. The first-order chi connectivity index (χ1) is 12.4. The summed E-state index contributed by atoms with van der Waals surface area (Å²) in [6, 6.07) is 0. The molecular weight excluding hydrogens is 320 g/mol. The van der Waals surface area contributed by atoms with E-state index in [1.165, 1.54) is 51.4 Å². The lowest BCUT2D eigenvalue weighted by Crippen LogP contribution is -2.52. The predicted octanol–water partition coefficient (Wildman–Crippen LogP) is 6.31. The van der Waals surface area contributed by atoms with Gasteiger partial charge in [0.1, 0.15) is 0 Å². The fourth-order valence-corrected chi connectivity index (χ4v) is 8.35. The first-order valence-electron chi connectivity index (χ1n) is 11.2. The number of rotatable bonds is 4. The van der Waals surface area contributed by atoms with Crippen LogP contribution in [0.1, 0.15) is 85.0 Å². The molecule has 0 bridgehead atoms. The van der Waals surface area contributed by atoms with Gasteiger partial charge >= 0.3 is 5.97 Å². The molecule has 0 aromatic carbocycles. The van der Waals surface area contributed by atoms with Gasteiger partial charge in [-0.05, 0) is 104 Å². The minimum absolute atomic E-state index is 0.344. The third-order valence-corrected chi connectivity index (χ3v) is 9.73. The SMILES string of the molecule is CC(CCC(=O)O)C1CCC2C3CCC4C=CCCC4(C)C3CCC12C. The highest BCUT2D eigenvalue weighted by atomic mass is 16.4. The van der Waals surface area contributed by atoms with Crippen molar-refractivity contribution < 1.29 is 9.90 Å². The molecule has 4 aliphatic rings. The van der Waals surface area contributed by atoms with Crippen LogP contribution in [-0.2, 0) is 4.79 Å². The first-order valence-corrected chi connectivity index (χ1v) is 11.2. The Bertz CT molecular complexity index is 581. The number of aliphatic carboxylic acids is 1. The van der Waals surface area contributed by atoms with Crippen molar-refractivity contribution in [2.45, 2.75) is 85.0 Å². The molecule has 0 radical (unpaired) electrons. The first kappa shape index (κ1) is 18.6. The molecule has 0 aromatic rings. The number of hydrogen-bond donors (Lipinski definition) is 1. The molecule has 0 aromatic heterocycles. The predicted molar refractivity (Wildman–Crippen MR) is 106 cm³/mol. The number of allylic oxidation sites excluding steroid dienone is 2. The maximum atomic E-state index is 11.0. The Balaban J connectivity index is 1.53. The highest BCUT2D eigenvalue weighted by Gasteiger charge is 2.59. The average molecular weight is 359 g/mol. The molecule has 0 saturated heterocycles. The van der Waals surface area contributed by atoms with Gasteiger partial charge in [0.15, 0.2) is 0 Å². The van der Waals surface area contributed by atoms with E-state index in [0.29, 0.717) is 23.2 Å². The molecule has 3 saturated carbocycles. The number of hydrogen-bond acceptors (Lipinski definition) is 1. The van der Waals surface area contributed by atoms with Crippen molar-refractivity contribution in [3.63, 3.8) is 0 Å². The van der Waals surface area contributed by atoms with E-state index in [1.54, 1.807) is 0 Å². The maximum absolute atomic E-state index is 11.0. The Hall–Kier alpha value is -0.790. The lowest BCUT2D eigenvalue weighted by molar-refractivity contribution is -0.137. The van der Waals surface area contributed by atoms with Crippen LogP contribution in [0.15, 0.2) is 12.2 Å². The summed E-state index contributed by atoms with van der Waals surface area (Å²) in [5, 5.41) is 9.09. The Labute approximate surface area is 159 Å². The Kier molecular flexibility index (Phi) is 4.77. The van der Waals surface area contributed by atoms with E-state index in [9.17, 15) is 4.79 Å². The van der Waals surface area contributed by atoms with Crippen LogP contribution in [0.5, 0.6) is 0 Å². The van der Waals surface area contributed by atoms with Gasteiger partial charge in [0.25, 0.3) is 0 Å². The molecule has 0 aliphatic heterocycles. The number of carboxylic acid groups (broad SMARTS) is 1. The zero-order valence-corrected chi connectivity index (χ0v) is 17.0. The third-order valence-electron chi connectivity index (χ3n) is 9.73. The van der Waals surface area contributed by atoms with E-state index in [1.807, 2.05) is 0 Å². The summed E-state index contributed by atoms with van der Waals surface area (Å²) >= 11 is 0. The molecular formula is C24H38O2. The molecule has 8 unspecified atom stereocenters. The topological polar surface area (TPSA) is 37.3 Å². The van der Waals surface area contributed by atoms with Crippen molar-refractivity contribution in [1.82, 2.24) is 0 Å². The van der Waals surface area contributed by atoms with Gasteiger partial charge in [-0.2, -0.15) is 0 Å². The smallest absolute Gasteiger partial charge is 0.303 e. The van der Waals surface area contributed by atoms with Crippen LogP contribution < -0.4 is 0 Å². The van der Waals surface area contributed by atoms with Gasteiger partial charge in [-0.1, -0.05) is 32.9 Å². The second kappa shape index (κ2) is 6.67. The zero-order valence-electron chi connectivity index (χ0n) is 17.0. The van der Waals surface area contributed by atoms with Crippen LogP contribution >= 0.6 is 0 Å². The fraction of sp³-hybridized carbons (Fsp3) is 0.875. The Morgan fingerprint density at radius 1 is 1.08 bits per heavy atom. The molecule has 8 atom stereocenters. The van der Waals surface area contributed by atoms with Gasteiger partial charge in [0.2, 0.25) is 0 Å². The van der Waals surface area contributed by atoms with Crippen LogP contribution in [0.3, 0.4) is 0 Å². The molecule has 2 heteroatoms. The van der Waals surface area contributed by atoms with Gasteiger partial charge in [-0.3, -0.25) is 4.79 Å². The van der Waals surface area contributed by atoms with Crippen molar-refractivity contribution in [3.8, 4) is 0 Å². The molecule has 4 rings (SSSR count). The van der Waals surface area contributed by atoms with Crippen LogP contribution in [0, 0.1) is 46.3 Å². The number of carbonyl (C=O) groups is 1. The zero-order chi connectivity index (χ0) is 18.5. The van der Waals surface area contributed by atoms with E-state index in [0.717, 1.165) is 36.0 Å². The quantitative estimate of drug-likeness (QED) is 0.598. The molecule has 1 N–H and O–H groups in total. The average Bonchev–Trinajstić information content (AvgIpc) is 2.96. The van der Waals surface area contributed by atoms with E-state index in [4.69, 9.17) is 5.11 Å². The molecule has 26 heavy (non-hydrogen) atoms. The van der Waals surface area contributed by atoms with Crippen molar-refractivity contribution in [2.24, 2.45) is 46.3 Å². The highest BCUT2D eigenvalue weighted by molar-refractivity contribution is 5.66. The van der Waals surface area contributed by atoms with Crippen LogP contribution in [0.2, 0.25) is 0 Å². The monoisotopic (exact) mass is 358 g/mol. The summed E-state index contributed by atoms with van der Waals surface area (Å²) in [4.78, 5) is 11.0. The van der Waals surface area contributed by atoms with Crippen molar-refractivity contribution in [1.29, 1.82) is 0 Å². The second-order valence-electron chi connectivity index (χ2n) is 10.7. The lowest BCUT2D eigenvalue weighted by Gasteiger charge is -2.60. The van der Waals surface area contributed by atoms with Gasteiger partial charge in [0.05, 0.1) is 0 Å². The minimum Gasteiger partial charge on any atom is -0.481 e. The van der Waals surface area contributed by atoms with Crippen molar-refractivity contribution in [3.05, 3.63) is 12.2 Å². The Morgan fingerprint density at radius 3 is 2.62 bits per heavy atom. The van der Waals surface area contributed by atoms with Gasteiger partial charge in [0, 0.05) is 6.42 Å². The molecule has 2 nitrogen and oxygen atoms in total. The largest absolute Gasteiger partial charge is 0.481 e. The van der Waals surface area contributed by atoms with E-state index in [2.05, 4.69) is 32.9 Å². The normalized spacial score (nSPS) is 48.3. The lowest BCUT2D eigenvalue weighted by atomic mass is 9.45. The van der Waals surface area contributed by atoms with Crippen LogP contribution in [0.25, 0.3) is 0 Å². The summed E-state index contributed by atoms with van der Waals surface area (Å²) in [5.41, 5.74) is 1.01. The Morgan fingerprint density at radius 2 is 1.85 bits per heavy atom. The maximum Gasteiger partial charge on any atom is 0.303 e. The molecule has 0 amide bonds. The number of fused-ring (bicyclic) bond motifs is 5. The molecule has 3 fully saturated rings. The van der Waals surface area contributed by atoms with Gasteiger partial charge in [-0.25, -0.2) is 0 Å². The molecule has 4 aliphatic carbocycles. The van der Waals surface area contributed by atoms with Crippen LogP contribution in [0.4, 0.5) is 0 Å². The summed E-state index contributed by atoms with van der Waals surface area (Å²) in [5.74, 6) is 4.25. The van der Waals surface area contributed by atoms with E-state index in [-0.39, 0.29) is 0 Å². The van der Waals surface area contributed by atoms with Crippen LogP contribution in [-0.4, -0.2) is 11.1 Å². The minimum atomic E-state index is -0.628.